The van der Waals surface area contributed by atoms with Gasteiger partial charge in [0.15, 0.2) is 17.2 Å². The van der Waals surface area contributed by atoms with Crippen LogP contribution < -0.4 is 15.3 Å². The Labute approximate surface area is 160 Å². The number of fused-ring (bicyclic) bond motifs is 1. The Kier molecular flexibility index (Phi) is 5.51. The maximum absolute atomic E-state index is 13.0. The standard InChI is InChI=1S/C20H18FN3O4/c1-27-18-14-5-3-4-6-15(14)23-17(19(18)28-2)20(26)24(22)16(25)11-12-7-9-13(21)10-8-12/h3-10H,11,22H2,1-2H3. The molecule has 0 bridgehead atoms. The highest BCUT2D eigenvalue weighted by molar-refractivity contribution is 6.07. The minimum atomic E-state index is -0.840. The van der Waals surface area contributed by atoms with Crippen LogP contribution in [0, 0.1) is 5.82 Å². The van der Waals surface area contributed by atoms with E-state index in [9.17, 15) is 14.0 Å². The lowest BCUT2D eigenvalue weighted by Gasteiger charge is -2.18. The van der Waals surface area contributed by atoms with Gasteiger partial charge in [-0.05, 0) is 29.8 Å². The van der Waals surface area contributed by atoms with E-state index in [1.54, 1.807) is 24.3 Å². The molecule has 7 nitrogen and oxygen atoms in total. The van der Waals surface area contributed by atoms with Crippen LogP contribution in [0.15, 0.2) is 48.5 Å². The number of amides is 2. The molecule has 0 aliphatic heterocycles. The monoisotopic (exact) mass is 383 g/mol. The molecule has 0 radical (unpaired) electrons. The molecule has 0 atom stereocenters. The minimum Gasteiger partial charge on any atom is -0.492 e. The summed E-state index contributed by atoms with van der Waals surface area (Å²) in [6, 6.07) is 12.4. The summed E-state index contributed by atoms with van der Waals surface area (Å²) in [6.45, 7) is 0. The topological polar surface area (TPSA) is 94.8 Å². The molecule has 0 saturated heterocycles. The van der Waals surface area contributed by atoms with Gasteiger partial charge in [-0.3, -0.25) is 9.59 Å². The van der Waals surface area contributed by atoms with Crippen molar-refractivity contribution < 1.29 is 23.5 Å². The number of halogens is 1. The predicted molar refractivity (Wildman–Crippen MR) is 100 cm³/mol. The molecule has 144 valence electrons. The Morgan fingerprint density at radius 3 is 2.32 bits per heavy atom. The molecular formula is C20H18FN3O4. The summed E-state index contributed by atoms with van der Waals surface area (Å²) in [5.41, 5.74) is 0.863. The van der Waals surface area contributed by atoms with Crippen LogP contribution in [0.1, 0.15) is 16.1 Å². The Morgan fingerprint density at radius 1 is 1.04 bits per heavy atom. The van der Waals surface area contributed by atoms with Gasteiger partial charge in [-0.1, -0.05) is 24.3 Å². The number of benzene rings is 2. The van der Waals surface area contributed by atoms with Crippen LogP contribution in [0.25, 0.3) is 10.9 Å². The number of methoxy groups -OCH3 is 2. The molecule has 2 N–H and O–H groups in total. The van der Waals surface area contributed by atoms with Gasteiger partial charge in [-0.15, -0.1) is 0 Å². The van der Waals surface area contributed by atoms with Gasteiger partial charge in [-0.2, -0.15) is 0 Å². The molecule has 8 heteroatoms. The highest BCUT2D eigenvalue weighted by Gasteiger charge is 2.28. The van der Waals surface area contributed by atoms with E-state index in [0.29, 0.717) is 27.2 Å². The highest BCUT2D eigenvalue weighted by Crippen LogP contribution is 2.37. The summed E-state index contributed by atoms with van der Waals surface area (Å²) in [6.07, 6.45) is -0.171. The van der Waals surface area contributed by atoms with E-state index in [4.69, 9.17) is 15.3 Å². The predicted octanol–water partition coefficient (Wildman–Crippen LogP) is 2.48. The molecule has 0 fully saturated rings. The van der Waals surface area contributed by atoms with E-state index in [1.807, 2.05) is 0 Å². The van der Waals surface area contributed by atoms with Gasteiger partial charge in [0, 0.05) is 5.39 Å². The summed E-state index contributed by atoms with van der Waals surface area (Å²) in [5, 5.41) is 1.13. The third-order valence-corrected chi connectivity index (χ3v) is 4.17. The summed E-state index contributed by atoms with van der Waals surface area (Å²) in [7, 11) is 2.81. The minimum absolute atomic E-state index is 0.0798. The molecule has 0 spiro atoms. The van der Waals surface area contributed by atoms with E-state index in [2.05, 4.69) is 4.98 Å². The molecular weight excluding hydrogens is 365 g/mol. The van der Waals surface area contributed by atoms with Gasteiger partial charge < -0.3 is 9.47 Å². The summed E-state index contributed by atoms with van der Waals surface area (Å²) >= 11 is 0. The number of carbonyl (C=O) groups is 2. The molecule has 1 heterocycles. The Bertz CT molecular complexity index is 1040. The quantitative estimate of drug-likeness (QED) is 0.413. The van der Waals surface area contributed by atoms with Crippen molar-refractivity contribution in [2.75, 3.05) is 14.2 Å². The summed E-state index contributed by atoms with van der Waals surface area (Å²) in [5.74, 6) is 4.21. The fourth-order valence-electron chi connectivity index (χ4n) is 2.79. The van der Waals surface area contributed by atoms with Crippen molar-refractivity contribution in [2.24, 2.45) is 5.84 Å². The zero-order chi connectivity index (χ0) is 20.3. The maximum atomic E-state index is 13.0. The van der Waals surface area contributed by atoms with Crippen molar-refractivity contribution in [3.63, 3.8) is 0 Å². The molecule has 3 rings (SSSR count). The summed E-state index contributed by atoms with van der Waals surface area (Å²) in [4.78, 5) is 29.6. The number of aromatic nitrogens is 1. The first-order chi connectivity index (χ1) is 13.5. The van der Waals surface area contributed by atoms with Crippen LogP contribution in [0.5, 0.6) is 11.5 Å². The van der Waals surface area contributed by atoms with E-state index < -0.39 is 17.6 Å². The Balaban J connectivity index is 1.95. The van der Waals surface area contributed by atoms with Gasteiger partial charge in [0.2, 0.25) is 5.91 Å². The van der Waals surface area contributed by atoms with Crippen molar-refractivity contribution in [3.05, 3.63) is 65.6 Å². The average molecular weight is 383 g/mol. The van der Waals surface area contributed by atoms with Gasteiger partial charge in [0.1, 0.15) is 5.82 Å². The lowest BCUT2D eigenvalue weighted by Crippen LogP contribution is -2.44. The molecule has 28 heavy (non-hydrogen) atoms. The molecule has 2 aromatic carbocycles. The van der Waals surface area contributed by atoms with E-state index in [1.165, 1.54) is 38.5 Å². The fraction of sp³-hybridized carbons (Fsp3) is 0.150. The van der Waals surface area contributed by atoms with Crippen molar-refractivity contribution in [1.29, 1.82) is 0 Å². The van der Waals surface area contributed by atoms with Crippen LogP contribution in [-0.2, 0) is 11.2 Å². The van der Waals surface area contributed by atoms with Crippen molar-refractivity contribution in [3.8, 4) is 11.5 Å². The van der Waals surface area contributed by atoms with E-state index >= 15 is 0 Å². The summed E-state index contributed by atoms with van der Waals surface area (Å²) < 4.78 is 23.7. The van der Waals surface area contributed by atoms with E-state index in [0.717, 1.165) is 0 Å². The number of hydrogen-bond acceptors (Lipinski definition) is 6. The zero-order valence-corrected chi connectivity index (χ0v) is 15.3. The van der Waals surface area contributed by atoms with Crippen molar-refractivity contribution in [1.82, 2.24) is 9.99 Å². The molecule has 0 saturated carbocycles. The van der Waals surface area contributed by atoms with Crippen LogP contribution in [0.2, 0.25) is 0 Å². The largest absolute Gasteiger partial charge is 0.492 e. The first kappa shape index (κ1) is 19.2. The molecule has 0 unspecified atom stereocenters. The highest BCUT2D eigenvalue weighted by atomic mass is 19.1. The second-order valence-electron chi connectivity index (χ2n) is 5.92. The van der Waals surface area contributed by atoms with Gasteiger partial charge in [0.25, 0.3) is 5.91 Å². The fourth-order valence-corrected chi connectivity index (χ4v) is 2.79. The number of hydrazine groups is 1. The number of imide groups is 1. The van der Waals surface area contributed by atoms with Gasteiger partial charge >= 0.3 is 0 Å². The number of para-hydroxylation sites is 1. The third-order valence-electron chi connectivity index (χ3n) is 4.17. The SMILES string of the molecule is COc1c(C(=O)N(N)C(=O)Cc2ccc(F)cc2)nc2ccccc2c1OC. The van der Waals surface area contributed by atoms with Crippen molar-refractivity contribution in [2.45, 2.75) is 6.42 Å². The van der Waals surface area contributed by atoms with Crippen LogP contribution in [0.4, 0.5) is 4.39 Å². The van der Waals surface area contributed by atoms with E-state index in [-0.39, 0.29) is 17.9 Å². The van der Waals surface area contributed by atoms with Crippen LogP contribution >= 0.6 is 0 Å². The van der Waals surface area contributed by atoms with Gasteiger partial charge in [0.05, 0.1) is 26.2 Å². The number of hydrogen-bond donors (Lipinski definition) is 1. The number of nitrogens with two attached hydrogens (primary N) is 1. The molecule has 2 amide bonds. The molecule has 0 aliphatic carbocycles. The Hall–Kier alpha value is -3.52. The molecule has 3 aromatic rings. The molecule has 1 aromatic heterocycles. The normalized spacial score (nSPS) is 10.6. The average Bonchev–Trinajstić information content (AvgIpc) is 2.72. The lowest BCUT2D eigenvalue weighted by atomic mass is 10.1. The van der Waals surface area contributed by atoms with Crippen LogP contribution in [0.3, 0.4) is 0 Å². The Morgan fingerprint density at radius 2 is 1.68 bits per heavy atom. The zero-order valence-electron chi connectivity index (χ0n) is 15.3. The molecule has 0 aliphatic rings. The number of ether oxygens (including phenoxy) is 2. The first-order valence-corrected chi connectivity index (χ1v) is 8.33. The number of rotatable bonds is 5. The van der Waals surface area contributed by atoms with Crippen LogP contribution in [-0.4, -0.2) is 36.0 Å². The van der Waals surface area contributed by atoms with Gasteiger partial charge in [-0.25, -0.2) is 20.2 Å². The lowest BCUT2D eigenvalue weighted by molar-refractivity contribution is -0.128. The number of nitrogens with zero attached hydrogens (tertiary/aromatic N) is 2. The number of carbonyl (C=O) groups excluding carboxylic acids is 2. The number of pyridine rings is 1. The smallest absolute Gasteiger partial charge is 0.297 e. The second kappa shape index (κ2) is 8.01. The first-order valence-electron chi connectivity index (χ1n) is 8.33. The van der Waals surface area contributed by atoms with Crippen molar-refractivity contribution >= 4 is 22.7 Å². The third kappa shape index (κ3) is 3.63. The second-order valence-corrected chi connectivity index (χ2v) is 5.92. The maximum Gasteiger partial charge on any atom is 0.297 e.